The summed E-state index contributed by atoms with van der Waals surface area (Å²) >= 11 is 13.4. The number of nitrogens with two attached hydrogens (primary N) is 1. The normalized spacial score (nSPS) is 11.5. The number of thioether (sulfide) groups is 1. The Hall–Kier alpha value is -1.56. The molecular weight excluding hydrogens is 331 g/mol. The Bertz CT molecular complexity index is 693. The highest BCUT2D eigenvalue weighted by molar-refractivity contribution is 7.98. The van der Waals surface area contributed by atoms with E-state index >= 15 is 0 Å². The van der Waals surface area contributed by atoms with Crippen molar-refractivity contribution in [2.75, 3.05) is 6.26 Å². The number of oxime groups is 1. The minimum absolute atomic E-state index is 0.0277. The van der Waals surface area contributed by atoms with E-state index in [9.17, 15) is 0 Å². The number of ether oxygens (including phenoxy) is 1. The van der Waals surface area contributed by atoms with Crippen LogP contribution in [-0.2, 0) is 0 Å². The van der Waals surface area contributed by atoms with Crippen LogP contribution in [0.2, 0.25) is 10.0 Å². The van der Waals surface area contributed by atoms with E-state index in [1.54, 1.807) is 24.3 Å². The minimum Gasteiger partial charge on any atom is -0.455 e. The van der Waals surface area contributed by atoms with Gasteiger partial charge in [-0.05, 0) is 36.6 Å². The molecule has 0 amide bonds. The molecule has 0 saturated heterocycles. The molecule has 4 nitrogen and oxygen atoms in total. The Labute approximate surface area is 136 Å². The minimum atomic E-state index is -0.0277. The first-order valence-corrected chi connectivity index (χ1v) is 7.82. The number of nitrogens with zero attached hydrogens (tertiary/aromatic N) is 1. The molecule has 0 heterocycles. The Morgan fingerprint density at radius 3 is 2.62 bits per heavy atom. The van der Waals surface area contributed by atoms with Crippen molar-refractivity contribution in [2.24, 2.45) is 10.9 Å². The van der Waals surface area contributed by atoms with Gasteiger partial charge in [0.15, 0.2) is 5.84 Å². The Kier molecular flexibility index (Phi) is 5.22. The van der Waals surface area contributed by atoms with Gasteiger partial charge in [0.2, 0.25) is 0 Å². The molecular formula is C14H12Cl2N2O2S. The number of amidine groups is 1. The summed E-state index contributed by atoms with van der Waals surface area (Å²) in [6.07, 6.45) is 1.89. The lowest BCUT2D eigenvalue weighted by atomic mass is 10.2. The molecule has 2 aromatic rings. The van der Waals surface area contributed by atoms with E-state index < -0.39 is 0 Å². The van der Waals surface area contributed by atoms with Gasteiger partial charge in [-0.25, -0.2) is 0 Å². The highest BCUT2D eigenvalue weighted by Crippen LogP contribution is 2.35. The molecule has 2 rings (SSSR count). The van der Waals surface area contributed by atoms with E-state index in [0.717, 1.165) is 4.90 Å². The summed E-state index contributed by atoms with van der Waals surface area (Å²) in [7, 11) is 0. The van der Waals surface area contributed by atoms with E-state index in [4.69, 9.17) is 38.9 Å². The lowest BCUT2D eigenvalue weighted by Crippen LogP contribution is -2.15. The lowest BCUT2D eigenvalue weighted by Gasteiger charge is -2.14. The van der Waals surface area contributed by atoms with Crippen LogP contribution in [-0.4, -0.2) is 17.3 Å². The predicted octanol–water partition coefficient (Wildman–Crippen LogP) is 4.60. The van der Waals surface area contributed by atoms with E-state index in [-0.39, 0.29) is 5.84 Å². The standard InChI is InChI=1S/C14H12Cl2N2O2S/c1-21-12-4-2-3-11(13(12)14(17)18-19)20-10-6-5-8(15)7-9(10)16/h2-7,19H,1H3,(H2,17,18). The monoisotopic (exact) mass is 342 g/mol. The summed E-state index contributed by atoms with van der Waals surface area (Å²) in [5, 5.41) is 12.9. The zero-order valence-electron chi connectivity index (χ0n) is 11.0. The Morgan fingerprint density at radius 1 is 1.24 bits per heavy atom. The molecule has 0 saturated carbocycles. The van der Waals surface area contributed by atoms with Crippen LogP contribution in [0.3, 0.4) is 0 Å². The van der Waals surface area contributed by atoms with E-state index in [1.165, 1.54) is 11.8 Å². The third-order valence-corrected chi connectivity index (χ3v) is 4.00. The van der Waals surface area contributed by atoms with Gasteiger partial charge in [-0.1, -0.05) is 34.4 Å². The van der Waals surface area contributed by atoms with Gasteiger partial charge < -0.3 is 15.7 Å². The first kappa shape index (κ1) is 15.8. The number of hydrogen-bond donors (Lipinski definition) is 2. The molecule has 2 aromatic carbocycles. The van der Waals surface area contributed by atoms with Gasteiger partial charge in [-0.2, -0.15) is 0 Å². The molecule has 0 atom stereocenters. The van der Waals surface area contributed by atoms with Crippen molar-refractivity contribution < 1.29 is 9.94 Å². The maximum Gasteiger partial charge on any atom is 0.175 e. The van der Waals surface area contributed by atoms with Gasteiger partial charge in [-0.15, -0.1) is 11.8 Å². The zero-order valence-corrected chi connectivity index (χ0v) is 13.3. The van der Waals surface area contributed by atoms with Crippen LogP contribution in [0.25, 0.3) is 0 Å². The van der Waals surface area contributed by atoms with Crippen molar-refractivity contribution in [3.05, 3.63) is 52.0 Å². The van der Waals surface area contributed by atoms with Gasteiger partial charge in [-0.3, -0.25) is 0 Å². The van der Waals surface area contributed by atoms with E-state index in [2.05, 4.69) is 5.16 Å². The predicted molar refractivity (Wildman–Crippen MR) is 87.3 cm³/mol. The number of halogens is 2. The van der Waals surface area contributed by atoms with Crippen LogP contribution < -0.4 is 10.5 Å². The molecule has 0 aliphatic carbocycles. The van der Waals surface area contributed by atoms with Gasteiger partial charge in [0, 0.05) is 9.92 Å². The average molecular weight is 343 g/mol. The van der Waals surface area contributed by atoms with Crippen LogP contribution in [0.5, 0.6) is 11.5 Å². The van der Waals surface area contributed by atoms with Crippen LogP contribution >= 0.6 is 35.0 Å². The van der Waals surface area contributed by atoms with Crippen LogP contribution in [0.1, 0.15) is 5.56 Å². The smallest absolute Gasteiger partial charge is 0.175 e. The van der Waals surface area contributed by atoms with Gasteiger partial charge in [0.05, 0.1) is 10.6 Å². The van der Waals surface area contributed by atoms with Gasteiger partial charge >= 0.3 is 0 Å². The van der Waals surface area contributed by atoms with Crippen LogP contribution in [0.4, 0.5) is 0 Å². The van der Waals surface area contributed by atoms with E-state index in [1.807, 2.05) is 18.4 Å². The summed E-state index contributed by atoms with van der Waals surface area (Å²) < 4.78 is 5.78. The van der Waals surface area contributed by atoms with Crippen molar-refractivity contribution in [1.29, 1.82) is 0 Å². The fraction of sp³-hybridized carbons (Fsp3) is 0.0714. The highest BCUT2D eigenvalue weighted by atomic mass is 35.5. The fourth-order valence-corrected chi connectivity index (χ4v) is 2.82. The summed E-state index contributed by atoms with van der Waals surface area (Å²) in [6.45, 7) is 0. The largest absolute Gasteiger partial charge is 0.455 e. The lowest BCUT2D eigenvalue weighted by molar-refractivity contribution is 0.318. The number of hydrogen-bond acceptors (Lipinski definition) is 4. The first-order chi connectivity index (χ1) is 10.1. The second kappa shape index (κ2) is 6.93. The molecule has 21 heavy (non-hydrogen) atoms. The summed E-state index contributed by atoms with van der Waals surface area (Å²) in [5.74, 6) is 0.854. The topological polar surface area (TPSA) is 67.8 Å². The molecule has 0 spiro atoms. The highest BCUT2D eigenvalue weighted by Gasteiger charge is 2.15. The van der Waals surface area contributed by atoms with Crippen LogP contribution in [0, 0.1) is 0 Å². The van der Waals surface area contributed by atoms with Crippen molar-refractivity contribution in [2.45, 2.75) is 4.90 Å². The number of benzene rings is 2. The SMILES string of the molecule is CSc1cccc(Oc2ccc(Cl)cc2Cl)c1/C(N)=N/O. The van der Waals surface area contributed by atoms with E-state index in [0.29, 0.717) is 27.1 Å². The zero-order chi connectivity index (χ0) is 15.4. The first-order valence-electron chi connectivity index (χ1n) is 5.84. The van der Waals surface area contributed by atoms with Gasteiger partial charge in [0.1, 0.15) is 11.5 Å². The maximum atomic E-state index is 8.94. The quantitative estimate of drug-likeness (QED) is 0.280. The van der Waals surface area contributed by atoms with Gasteiger partial charge in [0.25, 0.3) is 0 Å². The second-order valence-corrected chi connectivity index (χ2v) is 5.69. The molecule has 0 bridgehead atoms. The second-order valence-electron chi connectivity index (χ2n) is 4.00. The summed E-state index contributed by atoms with van der Waals surface area (Å²) in [6, 6.07) is 10.3. The molecule has 0 aliphatic heterocycles. The molecule has 3 N–H and O–H groups in total. The summed E-state index contributed by atoms with van der Waals surface area (Å²) in [5.41, 5.74) is 6.25. The number of rotatable bonds is 4. The molecule has 7 heteroatoms. The summed E-state index contributed by atoms with van der Waals surface area (Å²) in [4.78, 5) is 0.827. The molecule has 0 aromatic heterocycles. The third kappa shape index (κ3) is 3.56. The van der Waals surface area contributed by atoms with Crippen molar-refractivity contribution in [1.82, 2.24) is 0 Å². The van der Waals surface area contributed by atoms with Crippen molar-refractivity contribution >= 4 is 40.8 Å². The molecule has 0 unspecified atom stereocenters. The third-order valence-electron chi connectivity index (χ3n) is 2.69. The molecule has 0 aliphatic rings. The van der Waals surface area contributed by atoms with Crippen LogP contribution in [0.15, 0.2) is 46.4 Å². The Morgan fingerprint density at radius 2 is 2.00 bits per heavy atom. The molecule has 0 fully saturated rings. The Balaban J connectivity index is 2.49. The molecule has 0 radical (unpaired) electrons. The average Bonchev–Trinajstić information content (AvgIpc) is 2.49. The van der Waals surface area contributed by atoms with Crippen molar-refractivity contribution in [3.63, 3.8) is 0 Å². The molecule has 110 valence electrons. The fourth-order valence-electron chi connectivity index (χ4n) is 1.75. The van der Waals surface area contributed by atoms with Crippen molar-refractivity contribution in [3.8, 4) is 11.5 Å². The maximum absolute atomic E-state index is 8.94.